The molecular weight excluding hydrogens is 266 g/mol. The third-order valence-corrected chi connectivity index (χ3v) is 2.95. The normalized spacial score (nSPS) is 11.1. The third kappa shape index (κ3) is 1.81. The van der Waals surface area contributed by atoms with E-state index in [9.17, 15) is 18.5 Å². The molecule has 18 heavy (non-hydrogen) atoms. The lowest BCUT2D eigenvalue weighted by Crippen LogP contribution is -2.10. The summed E-state index contributed by atoms with van der Waals surface area (Å²) in [6, 6.07) is 3.36. The molecule has 0 spiro atoms. The van der Waals surface area contributed by atoms with Gasteiger partial charge in [0.25, 0.3) is 5.69 Å². The molecule has 0 aliphatic carbocycles. The van der Waals surface area contributed by atoms with Crippen LogP contribution >= 0.6 is 0 Å². The number of nitro benzene ring substituents is 1. The number of aromatic nitrogens is 3. The van der Waals surface area contributed by atoms with E-state index in [0.717, 1.165) is 12.1 Å². The van der Waals surface area contributed by atoms with Gasteiger partial charge in [-0.3, -0.25) is 10.1 Å². The molecule has 0 amide bonds. The van der Waals surface area contributed by atoms with Crippen LogP contribution in [0, 0.1) is 10.1 Å². The van der Waals surface area contributed by atoms with Crippen LogP contribution in [-0.2, 0) is 10.2 Å². The quantitative estimate of drug-likeness (QED) is 0.263. The molecule has 0 bridgehead atoms. The van der Waals surface area contributed by atoms with Gasteiger partial charge in [0.15, 0.2) is 0 Å². The van der Waals surface area contributed by atoms with Crippen molar-refractivity contribution in [2.45, 2.75) is 0 Å². The Labute approximate surface area is 98.6 Å². The van der Waals surface area contributed by atoms with Crippen molar-refractivity contribution < 1.29 is 13.3 Å². The molecule has 1 aromatic heterocycles. The highest BCUT2D eigenvalue weighted by molar-refractivity contribution is 7.88. The van der Waals surface area contributed by atoms with Gasteiger partial charge in [-0.1, -0.05) is 5.21 Å². The van der Waals surface area contributed by atoms with E-state index >= 15 is 0 Å². The Morgan fingerprint density at radius 3 is 2.83 bits per heavy atom. The fourth-order valence-electron chi connectivity index (χ4n) is 1.25. The minimum atomic E-state index is -4.41. The van der Waals surface area contributed by atoms with Crippen molar-refractivity contribution in [3.8, 4) is 0 Å². The fourth-order valence-corrected chi connectivity index (χ4v) is 1.94. The number of nitrogens with zero attached hydrogens (tertiary/aromatic N) is 7. The van der Waals surface area contributed by atoms with Gasteiger partial charge < -0.3 is 0 Å². The molecule has 0 aliphatic rings. The van der Waals surface area contributed by atoms with Gasteiger partial charge in [-0.25, -0.2) is 0 Å². The van der Waals surface area contributed by atoms with Crippen LogP contribution in [-0.4, -0.2) is 27.7 Å². The number of hydrogen-bond acceptors (Lipinski definition) is 6. The summed E-state index contributed by atoms with van der Waals surface area (Å²) in [5.41, 5.74) is 7.77. The second kappa shape index (κ2) is 3.94. The van der Waals surface area contributed by atoms with Crippen molar-refractivity contribution in [2.24, 2.45) is 4.52 Å². The Kier molecular flexibility index (Phi) is 2.57. The lowest BCUT2D eigenvalue weighted by atomic mass is 10.3. The van der Waals surface area contributed by atoms with Gasteiger partial charge in [0, 0.05) is 17.0 Å². The average Bonchev–Trinajstić information content (AvgIpc) is 2.71. The molecule has 0 fully saturated rings. The monoisotopic (exact) mass is 269 g/mol. The molecule has 0 atom stereocenters. The van der Waals surface area contributed by atoms with Crippen LogP contribution in [0.1, 0.15) is 0 Å². The number of hydrogen-bond donors (Lipinski definition) is 0. The second-order valence-corrected chi connectivity index (χ2v) is 4.42. The molecule has 12 heteroatoms. The molecule has 0 saturated carbocycles. The van der Waals surface area contributed by atoms with Crippen LogP contribution < -0.4 is 0 Å². The van der Waals surface area contributed by atoms with Gasteiger partial charge in [-0.05, 0) is 11.6 Å². The third-order valence-electron chi connectivity index (χ3n) is 1.97. The summed E-state index contributed by atoms with van der Waals surface area (Å²) in [7, 11) is -4.41. The minimum absolute atomic E-state index is 0.123. The Bertz CT molecular complexity index is 787. The fraction of sp³-hybridized carbons (Fsp3) is 0. The topological polar surface area (TPSA) is 157 Å². The van der Waals surface area contributed by atoms with Crippen LogP contribution in [0.25, 0.3) is 21.5 Å². The Morgan fingerprint density at radius 1 is 1.50 bits per heavy atom. The summed E-state index contributed by atoms with van der Waals surface area (Å²) in [6.45, 7) is 0. The van der Waals surface area contributed by atoms with Gasteiger partial charge in [0.2, 0.25) is 0 Å². The summed E-state index contributed by atoms with van der Waals surface area (Å²) < 4.78 is 25.8. The molecule has 2 aromatic rings. The van der Waals surface area contributed by atoms with Gasteiger partial charge in [-0.2, -0.15) is 8.42 Å². The number of azide groups is 1. The number of nitro groups is 1. The summed E-state index contributed by atoms with van der Waals surface area (Å²) in [5.74, 6) is 0. The molecule has 0 saturated heterocycles. The minimum Gasteiger partial charge on any atom is -0.258 e. The molecule has 11 nitrogen and oxygen atoms in total. The zero-order valence-electron chi connectivity index (χ0n) is 8.40. The largest absolute Gasteiger partial charge is 0.345 e. The van der Waals surface area contributed by atoms with Crippen molar-refractivity contribution in [1.82, 2.24) is 14.4 Å². The first kappa shape index (κ1) is 11.8. The average molecular weight is 269 g/mol. The number of rotatable bonds is 3. The second-order valence-electron chi connectivity index (χ2n) is 3.01. The van der Waals surface area contributed by atoms with Crippen molar-refractivity contribution in [2.75, 3.05) is 0 Å². The number of benzene rings is 1. The molecule has 0 radical (unpaired) electrons. The predicted octanol–water partition coefficient (Wildman–Crippen LogP) is 0.743. The van der Waals surface area contributed by atoms with E-state index in [-0.39, 0.29) is 16.7 Å². The van der Waals surface area contributed by atoms with E-state index in [0.29, 0.717) is 4.09 Å². The van der Waals surface area contributed by atoms with Crippen molar-refractivity contribution >= 4 is 26.9 Å². The van der Waals surface area contributed by atoms with Gasteiger partial charge in [-0.15, -0.1) is 9.19 Å². The molecule has 2 rings (SSSR count). The zero-order valence-corrected chi connectivity index (χ0v) is 9.22. The molecule has 0 aliphatic heterocycles. The van der Waals surface area contributed by atoms with Gasteiger partial charge in [0.05, 0.1) is 9.44 Å². The number of fused-ring (bicyclic) bond motifs is 1. The molecule has 1 heterocycles. The first-order valence-electron chi connectivity index (χ1n) is 4.27. The highest BCUT2D eigenvalue weighted by Gasteiger charge is 2.19. The van der Waals surface area contributed by atoms with Crippen molar-refractivity contribution in [1.29, 1.82) is 0 Å². The molecule has 0 unspecified atom stereocenters. The Hall–Kier alpha value is -2.72. The van der Waals surface area contributed by atoms with E-state index in [1.807, 2.05) is 0 Å². The van der Waals surface area contributed by atoms with E-state index in [1.165, 1.54) is 6.07 Å². The summed E-state index contributed by atoms with van der Waals surface area (Å²) in [6.07, 6.45) is 0. The first-order chi connectivity index (χ1) is 8.45. The van der Waals surface area contributed by atoms with Crippen LogP contribution in [0.4, 0.5) is 5.69 Å². The molecule has 92 valence electrons. The maximum Gasteiger partial charge on any atom is 0.345 e. The standard InChI is InChI=1S/C6H3N7O4S/c7-9-11-18(16,17)12-6-3-4(13(14)15)1-2-5(6)8-10-12/h1-3H. The van der Waals surface area contributed by atoms with Gasteiger partial charge >= 0.3 is 10.2 Å². The first-order valence-corrected chi connectivity index (χ1v) is 5.67. The highest BCUT2D eigenvalue weighted by atomic mass is 32.2. The smallest absolute Gasteiger partial charge is 0.258 e. The Balaban J connectivity index is 2.77. The lowest BCUT2D eigenvalue weighted by molar-refractivity contribution is -0.384. The van der Waals surface area contributed by atoms with E-state index in [1.54, 1.807) is 0 Å². The van der Waals surface area contributed by atoms with Crippen LogP contribution in [0.15, 0.2) is 22.7 Å². The van der Waals surface area contributed by atoms with Crippen molar-refractivity contribution in [3.05, 3.63) is 38.8 Å². The van der Waals surface area contributed by atoms with E-state index in [2.05, 4.69) is 19.7 Å². The maximum atomic E-state index is 11.5. The zero-order chi connectivity index (χ0) is 13.3. The summed E-state index contributed by atoms with van der Waals surface area (Å²) in [5, 5.41) is 17.4. The maximum absolute atomic E-state index is 11.5. The van der Waals surface area contributed by atoms with Crippen LogP contribution in [0.5, 0.6) is 0 Å². The molecule has 1 aromatic carbocycles. The van der Waals surface area contributed by atoms with Gasteiger partial charge in [0.1, 0.15) is 11.0 Å². The van der Waals surface area contributed by atoms with E-state index in [4.69, 9.17) is 5.53 Å². The molecule has 0 N–H and O–H groups in total. The molecular formula is C6H3N7O4S. The lowest BCUT2D eigenvalue weighted by Gasteiger charge is -1.96. The SMILES string of the molecule is [N-]=[N+]=NS(=O)(=O)n1nnc2ccc([N+](=O)[O-])cc21. The summed E-state index contributed by atoms with van der Waals surface area (Å²) in [4.78, 5) is 12.0. The van der Waals surface area contributed by atoms with Crippen LogP contribution in [0.3, 0.4) is 0 Å². The predicted molar refractivity (Wildman–Crippen MR) is 57.6 cm³/mol. The van der Waals surface area contributed by atoms with E-state index < -0.39 is 15.1 Å². The van der Waals surface area contributed by atoms with Crippen molar-refractivity contribution in [3.63, 3.8) is 0 Å². The highest BCUT2D eigenvalue weighted by Crippen LogP contribution is 2.20. The summed E-state index contributed by atoms with van der Waals surface area (Å²) >= 11 is 0. The Morgan fingerprint density at radius 2 is 2.22 bits per heavy atom. The van der Waals surface area contributed by atoms with Crippen LogP contribution in [0.2, 0.25) is 0 Å². The number of non-ortho nitro benzene ring substituents is 1.